The van der Waals surface area contributed by atoms with E-state index >= 15 is 0 Å². The Labute approximate surface area is 165 Å². The van der Waals surface area contributed by atoms with Crippen LogP contribution in [0.5, 0.6) is 0 Å². The van der Waals surface area contributed by atoms with Gasteiger partial charge in [0.2, 0.25) is 0 Å². The predicted octanol–water partition coefficient (Wildman–Crippen LogP) is 6.18. The van der Waals surface area contributed by atoms with Crippen molar-refractivity contribution in [1.82, 2.24) is 9.10 Å². The van der Waals surface area contributed by atoms with Crippen LogP contribution in [-0.2, 0) is 6.18 Å². The lowest BCUT2D eigenvalue weighted by atomic mass is 10.2. The zero-order chi connectivity index (χ0) is 18.6. The molecule has 0 fully saturated rings. The Morgan fingerprint density at radius 3 is 2.73 bits per heavy atom. The van der Waals surface area contributed by atoms with Gasteiger partial charge in [0.15, 0.2) is 0 Å². The molecule has 26 heavy (non-hydrogen) atoms. The number of hydrogen-bond acceptors (Lipinski definition) is 5. The van der Waals surface area contributed by atoms with Crippen LogP contribution < -0.4 is 10.0 Å². The van der Waals surface area contributed by atoms with Gasteiger partial charge >= 0.3 is 6.18 Å². The standard InChI is InChI=1S/C17H15BrF3N3S2/c18-11-6-7-15(13(10-11)17(19,20)21)25-23-9-3-8-22-16-12-4-1-2-5-14(12)26-24-16/h1-2,4-7,10,23H,3,8-9H2,(H,22,24). The van der Waals surface area contributed by atoms with Gasteiger partial charge in [0.05, 0.1) is 10.3 Å². The summed E-state index contributed by atoms with van der Waals surface area (Å²) in [6.45, 7) is 1.26. The second-order valence-electron chi connectivity index (χ2n) is 5.44. The van der Waals surface area contributed by atoms with Crippen LogP contribution in [0.4, 0.5) is 19.0 Å². The fraction of sp³-hybridized carbons (Fsp3) is 0.235. The van der Waals surface area contributed by atoms with Crippen molar-refractivity contribution in [3.8, 4) is 0 Å². The van der Waals surface area contributed by atoms with Crippen molar-refractivity contribution in [1.29, 1.82) is 0 Å². The highest BCUT2D eigenvalue weighted by molar-refractivity contribution is 9.10. The fourth-order valence-corrected chi connectivity index (χ4v) is 4.26. The minimum absolute atomic E-state index is 0.166. The summed E-state index contributed by atoms with van der Waals surface area (Å²) in [6, 6.07) is 12.1. The van der Waals surface area contributed by atoms with E-state index in [2.05, 4.69) is 30.3 Å². The van der Waals surface area contributed by atoms with E-state index < -0.39 is 11.7 Å². The van der Waals surface area contributed by atoms with Gasteiger partial charge in [0, 0.05) is 27.8 Å². The van der Waals surface area contributed by atoms with Crippen LogP contribution in [-0.4, -0.2) is 17.5 Å². The molecule has 3 nitrogen and oxygen atoms in total. The van der Waals surface area contributed by atoms with Crippen molar-refractivity contribution >= 4 is 55.3 Å². The number of aromatic nitrogens is 1. The summed E-state index contributed by atoms with van der Waals surface area (Å²) in [6.07, 6.45) is -3.61. The molecule has 0 radical (unpaired) electrons. The number of hydrogen-bond donors (Lipinski definition) is 2. The molecule has 0 aliphatic rings. The van der Waals surface area contributed by atoms with Gasteiger partial charge in [-0.05, 0) is 60.2 Å². The summed E-state index contributed by atoms with van der Waals surface area (Å²) >= 11 is 5.53. The number of nitrogens with one attached hydrogen (secondary N) is 2. The number of anilines is 1. The Balaban J connectivity index is 1.46. The molecule has 0 aliphatic heterocycles. The van der Waals surface area contributed by atoms with Crippen molar-refractivity contribution in [2.75, 3.05) is 18.4 Å². The predicted molar refractivity (Wildman–Crippen MR) is 106 cm³/mol. The monoisotopic (exact) mass is 461 g/mol. The lowest BCUT2D eigenvalue weighted by Crippen LogP contribution is -2.13. The molecular formula is C17H15BrF3N3S2. The van der Waals surface area contributed by atoms with Gasteiger partial charge in [-0.1, -0.05) is 28.1 Å². The molecule has 0 spiro atoms. The molecule has 1 heterocycles. The molecule has 3 aromatic rings. The number of fused-ring (bicyclic) bond motifs is 1. The van der Waals surface area contributed by atoms with E-state index in [-0.39, 0.29) is 4.90 Å². The van der Waals surface area contributed by atoms with Gasteiger partial charge in [-0.25, -0.2) is 0 Å². The SMILES string of the molecule is FC(F)(F)c1cc(Br)ccc1SNCCCNc1nsc2ccccc12. The second kappa shape index (κ2) is 8.60. The van der Waals surface area contributed by atoms with Gasteiger partial charge < -0.3 is 5.32 Å². The number of nitrogens with zero attached hydrogens (tertiary/aromatic N) is 1. The molecule has 1 aromatic heterocycles. The summed E-state index contributed by atoms with van der Waals surface area (Å²) in [5, 5.41) is 4.36. The average Bonchev–Trinajstić information content (AvgIpc) is 3.01. The van der Waals surface area contributed by atoms with E-state index in [1.807, 2.05) is 24.3 Å². The third kappa shape index (κ3) is 4.91. The van der Waals surface area contributed by atoms with Crippen molar-refractivity contribution < 1.29 is 13.2 Å². The average molecular weight is 462 g/mol. The Morgan fingerprint density at radius 1 is 1.12 bits per heavy atom. The molecule has 0 saturated carbocycles. The first-order valence-corrected chi connectivity index (χ1v) is 10.2. The van der Waals surface area contributed by atoms with Crippen molar-refractivity contribution in [3.05, 3.63) is 52.5 Å². The van der Waals surface area contributed by atoms with Gasteiger partial charge in [-0.15, -0.1) is 0 Å². The smallest absolute Gasteiger partial charge is 0.369 e. The molecule has 3 rings (SSSR count). The third-order valence-electron chi connectivity index (χ3n) is 3.55. The summed E-state index contributed by atoms with van der Waals surface area (Å²) < 4.78 is 48.1. The molecule has 0 unspecified atom stereocenters. The van der Waals surface area contributed by atoms with Gasteiger partial charge in [0.25, 0.3) is 0 Å². The Kier molecular flexibility index (Phi) is 6.44. The molecule has 2 N–H and O–H groups in total. The van der Waals surface area contributed by atoms with Crippen LogP contribution in [0.1, 0.15) is 12.0 Å². The minimum Gasteiger partial charge on any atom is -0.369 e. The molecule has 9 heteroatoms. The maximum atomic E-state index is 13.1. The van der Waals surface area contributed by atoms with Crippen molar-refractivity contribution in [2.45, 2.75) is 17.5 Å². The van der Waals surface area contributed by atoms with Crippen molar-refractivity contribution in [2.24, 2.45) is 0 Å². The van der Waals surface area contributed by atoms with Gasteiger partial charge in [0.1, 0.15) is 5.82 Å². The first-order chi connectivity index (χ1) is 12.4. The van der Waals surface area contributed by atoms with Crippen LogP contribution in [0.25, 0.3) is 10.1 Å². The number of rotatable bonds is 7. The number of halogens is 4. The normalized spacial score (nSPS) is 11.8. The van der Waals surface area contributed by atoms with Gasteiger partial charge in [-0.2, -0.15) is 17.5 Å². The number of benzene rings is 2. The fourth-order valence-electron chi connectivity index (χ4n) is 2.32. The summed E-state index contributed by atoms with van der Waals surface area (Å²) in [7, 11) is 0. The molecule has 138 valence electrons. The van der Waals surface area contributed by atoms with E-state index in [0.29, 0.717) is 17.6 Å². The quantitative estimate of drug-likeness (QED) is 0.325. The van der Waals surface area contributed by atoms with E-state index in [1.54, 1.807) is 6.07 Å². The molecule has 2 aromatic carbocycles. The number of alkyl halides is 3. The largest absolute Gasteiger partial charge is 0.417 e. The molecule has 0 atom stereocenters. The van der Waals surface area contributed by atoms with E-state index in [0.717, 1.165) is 40.3 Å². The highest BCUT2D eigenvalue weighted by Gasteiger charge is 2.33. The second-order valence-corrected chi connectivity index (χ2v) is 8.10. The van der Waals surface area contributed by atoms with Crippen LogP contribution in [0.2, 0.25) is 0 Å². The molecule has 0 saturated heterocycles. The molecule has 0 aliphatic carbocycles. The maximum Gasteiger partial charge on any atom is 0.417 e. The summed E-state index contributed by atoms with van der Waals surface area (Å²) in [5.41, 5.74) is -0.642. The molecular weight excluding hydrogens is 447 g/mol. The minimum atomic E-state index is -4.37. The lowest BCUT2D eigenvalue weighted by Gasteiger charge is -2.13. The Bertz CT molecular complexity index is 883. The third-order valence-corrected chi connectivity index (χ3v) is 5.80. The van der Waals surface area contributed by atoms with Crippen LogP contribution >= 0.6 is 39.4 Å². The van der Waals surface area contributed by atoms with Crippen LogP contribution in [0, 0.1) is 0 Å². The lowest BCUT2D eigenvalue weighted by molar-refractivity contribution is -0.139. The topological polar surface area (TPSA) is 37.0 Å². The summed E-state index contributed by atoms with van der Waals surface area (Å²) in [4.78, 5) is 0.166. The van der Waals surface area contributed by atoms with E-state index in [4.69, 9.17) is 0 Å². The van der Waals surface area contributed by atoms with Crippen molar-refractivity contribution in [3.63, 3.8) is 0 Å². The van der Waals surface area contributed by atoms with E-state index in [9.17, 15) is 13.2 Å². The van der Waals surface area contributed by atoms with Crippen LogP contribution in [0.15, 0.2) is 51.8 Å². The summed E-state index contributed by atoms with van der Waals surface area (Å²) in [5.74, 6) is 0.852. The van der Waals surface area contributed by atoms with Crippen LogP contribution in [0.3, 0.4) is 0 Å². The highest BCUT2D eigenvalue weighted by Crippen LogP contribution is 2.37. The Morgan fingerprint density at radius 2 is 1.92 bits per heavy atom. The first kappa shape index (κ1) is 19.5. The molecule has 0 bridgehead atoms. The maximum absolute atomic E-state index is 13.1. The first-order valence-electron chi connectivity index (χ1n) is 7.80. The van der Waals surface area contributed by atoms with Gasteiger partial charge in [-0.3, -0.25) is 4.72 Å². The zero-order valence-electron chi connectivity index (χ0n) is 13.4. The Hall–Kier alpha value is -1.29. The highest BCUT2D eigenvalue weighted by atomic mass is 79.9. The van der Waals surface area contributed by atoms with E-state index in [1.165, 1.54) is 17.6 Å². The molecule has 0 amide bonds. The zero-order valence-corrected chi connectivity index (χ0v) is 16.7.